The number of nitrogens with two attached hydrogens (primary N) is 1. The van der Waals surface area contributed by atoms with Crippen LogP contribution in [0.1, 0.15) is 35.4 Å². The minimum Gasteiger partial charge on any atom is -0.356 e. The van der Waals surface area contributed by atoms with Gasteiger partial charge in [-0.3, -0.25) is 4.79 Å². The highest BCUT2D eigenvalue weighted by atomic mass is 32.1. The van der Waals surface area contributed by atoms with Crippen molar-refractivity contribution < 1.29 is 4.79 Å². The zero-order chi connectivity index (χ0) is 12.5. The number of aryl methyl sites for hydroxylation is 2. The van der Waals surface area contributed by atoms with Gasteiger partial charge in [-0.1, -0.05) is 0 Å². The molecule has 0 aliphatic rings. The highest BCUT2D eigenvalue weighted by Gasteiger charge is 2.02. The molecule has 0 radical (unpaired) electrons. The zero-order valence-electron chi connectivity index (χ0n) is 10.5. The van der Waals surface area contributed by atoms with Gasteiger partial charge in [0.25, 0.3) is 0 Å². The van der Waals surface area contributed by atoms with E-state index in [-0.39, 0.29) is 5.91 Å². The van der Waals surface area contributed by atoms with E-state index < -0.39 is 0 Å². The summed E-state index contributed by atoms with van der Waals surface area (Å²) in [4.78, 5) is 14.2. The Kier molecular flexibility index (Phi) is 6.89. The molecule has 0 saturated carbocycles. The summed E-state index contributed by atoms with van der Waals surface area (Å²) in [6, 6.07) is 4.28. The third-order valence-electron chi connectivity index (χ3n) is 2.58. The molecule has 1 aromatic heterocycles. The van der Waals surface area contributed by atoms with E-state index in [0.717, 1.165) is 32.2 Å². The van der Waals surface area contributed by atoms with Gasteiger partial charge in [-0.05, 0) is 51.3 Å². The molecule has 3 nitrogen and oxygen atoms in total. The van der Waals surface area contributed by atoms with Gasteiger partial charge < -0.3 is 11.1 Å². The van der Waals surface area contributed by atoms with Crippen molar-refractivity contribution in [3.63, 3.8) is 0 Å². The zero-order valence-corrected chi connectivity index (χ0v) is 11.3. The van der Waals surface area contributed by atoms with Gasteiger partial charge in [0.1, 0.15) is 0 Å². The molecule has 0 atom stereocenters. The number of hydrogen-bond acceptors (Lipinski definition) is 3. The lowest BCUT2D eigenvalue weighted by molar-refractivity contribution is -0.121. The summed E-state index contributed by atoms with van der Waals surface area (Å²) in [5, 5.41) is 2.92. The molecule has 3 N–H and O–H groups in total. The van der Waals surface area contributed by atoms with Crippen LogP contribution in [-0.4, -0.2) is 19.0 Å². The summed E-state index contributed by atoms with van der Waals surface area (Å²) in [6.45, 7) is 3.57. The average molecular weight is 254 g/mol. The van der Waals surface area contributed by atoms with Crippen molar-refractivity contribution in [2.45, 2.75) is 39.0 Å². The Morgan fingerprint density at radius 3 is 2.82 bits per heavy atom. The molecule has 0 unspecified atom stereocenters. The summed E-state index contributed by atoms with van der Waals surface area (Å²) in [7, 11) is 0. The summed E-state index contributed by atoms with van der Waals surface area (Å²) in [6.07, 6.45) is 4.53. The molecule has 0 fully saturated rings. The summed E-state index contributed by atoms with van der Waals surface area (Å²) in [5.41, 5.74) is 5.38. The van der Waals surface area contributed by atoms with E-state index in [4.69, 9.17) is 5.73 Å². The molecule has 0 aromatic carbocycles. The van der Waals surface area contributed by atoms with Crippen LogP contribution in [0.3, 0.4) is 0 Å². The minimum absolute atomic E-state index is 0.162. The Morgan fingerprint density at radius 2 is 2.18 bits per heavy atom. The van der Waals surface area contributed by atoms with E-state index in [2.05, 4.69) is 24.4 Å². The van der Waals surface area contributed by atoms with Crippen molar-refractivity contribution in [3.05, 3.63) is 21.9 Å². The lowest BCUT2D eigenvalue weighted by Gasteiger charge is -2.03. The van der Waals surface area contributed by atoms with E-state index in [1.54, 1.807) is 0 Å². The highest BCUT2D eigenvalue weighted by molar-refractivity contribution is 7.11. The highest BCUT2D eigenvalue weighted by Crippen LogP contribution is 2.17. The first-order valence-electron chi connectivity index (χ1n) is 6.24. The van der Waals surface area contributed by atoms with E-state index in [1.807, 2.05) is 11.3 Å². The quantitative estimate of drug-likeness (QED) is 0.699. The van der Waals surface area contributed by atoms with Crippen molar-refractivity contribution in [2.24, 2.45) is 5.73 Å². The van der Waals surface area contributed by atoms with Crippen molar-refractivity contribution in [3.8, 4) is 0 Å². The predicted molar refractivity (Wildman–Crippen MR) is 73.3 cm³/mol. The topological polar surface area (TPSA) is 55.1 Å². The molecular weight excluding hydrogens is 232 g/mol. The van der Waals surface area contributed by atoms with Crippen molar-refractivity contribution in [1.29, 1.82) is 0 Å². The number of unbranched alkanes of at least 4 members (excludes halogenated alkanes) is 1. The van der Waals surface area contributed by atoms with E-state index in [9.17, 15) is 4.79 Å². The monoisotopic (exact) mass is 254 g/mol. The Hall–Kier alpha value is -0.870. The molecule has 0 saturated heterocycles. The second-order valence-corrected chi connectivity index (χ2v) is 5.58. The van der Waals surface area contributed by atoms with Crippen LogP contribution in [0, 0.1) is 6.92 Å². The molecule has 0 spiro atoms. The van der Waals surface area contributed by atoms with Crippen LogP contribution in [0.4, 0.5) is 0 Å². The fourth-order valence-electron chi connectivity index (χ4n) is 1.63. The normalized spacial score (nSPS) is 10.5. The summed E-state index contributed by atoms with van der Waals surface area (Å²) < 4.78 is 0. The SMILES string of the molecule is Cc1ccc(CCCC(=O)NCCCCN)s1. The maximum absolute atomic E-state index is 11.5. The van der Waals surface area contributed by atoms with Crippen LogP contribution < -0.4 is 11.1 Å². The third kappa shape index (κ3) is 6.44. The molecule has 1 amide bonds. The van der Waals surface area contributed by atoms with Crippen LogP contribution in [0.25, 0.3) is 0 Å². The fourth-order valence-corrected chi connectivity index (χ4v) is 2.56. The smallest absolute Gasteiger partial charge is 0.220 e. The summed E-state index contributed by atoms with van der Waals surface area (Å²) >= 11 is 1.82. The molecule has 96 valence electrons. The van der Waals surface area contributed by atoms with Gasteiger partial charge in [-0.15, -0.1) is 11.3 Å². The molecule has 0 aliphatic carbocycles. The molecule has 17 heavy (non-hydrogen) atoms. The number of nitrogens with one attached hydrogen (secondary N) is 1. The van der Waals surface area contributed by atoms with Gasteiger partial charge in [0.15, 0.2) is 0 Å². The second-order valence-electron chi connectivity index (χ2n) is 4.21. The molecule has 0 aliphatic heterocycles. The van der Waals surface area contributed by atoms with Crippen LogP contribution in [-0.2, 0) is 11.2 Å². The Bertz CT molecular complexity index is 336. The number of hydrogen-bond donors (Lipinski definition) is 2. The lowest BCUT2D eigenvalue weighted by Crippen LogP contribution is -2.24. The predicted octanol–water partition coefficient (Wildman–Crippen LogP) is 2.23. The first-order valence-corrected chi connectivity index (χ1v) is 7.06. The third-order valence-corrected chi connectivity index (χ3v) is 3.64. The first kappa shape index (κ1) is 14.2. The molecule has 1 rings (SSSR count). The molecule has 0 bridgehead atoms. The lowest BCUT2D eigenvalue weighted by atomic mass is 10.2. The average Bonchev–Trinajstić information content (AvgIpc) is 2.71. The molecular formula is C13H22N2OS. The number of carbonyl (C=O) groups is 1. The largest absolute Gasteiger partial charge is 0.356 e. The minimum atomic E-state index is 0.162. The molecule has 1 aromatic rings. The second kappa shape index (κ2) is 8.25. The first-order chi connectivity index (χ1) is 8.22. The van der Waals surface area contributed by atoms with Crippen LogP contribution in [0.5, 0.6) is 0 Å². The van der Waals surface area contributed by atoms with Crippen LogP contribution in [0.2, 0.25) is 0 Å². The number of carbonyl (C=O) groups excluding carboxylic acids is 1. The van der Waals surface area contributed by atoms with Crippen molar-refractivity contribution in [2.75, 3.05) is 13.1 Å². The van der Waals surface area contributed by atoms with Gasteiger partial charge >= 0.3 is 0 Å². The Balaban J connectivity index is 2.04. The van der Waals surface area contributed by atoms with Crippen molar-refractivity contribution >= 4 is 17.2 Å². The molecule has 1 heterocycles. The number of amides is 1. The standard InChI is InChI=1S/C13H22N2OS/c1-11-7-8-12(17-11)5-4-6-13(16)15-10-3-2-9-14/h7-8H,2-6,9-10,14H2,1H3,(H,15,16). The van der Waals surface area contributed by atoms with Crippen LogP contribution >= 0.6 is 11.3 Å². The van der Waals surface area contributed by atoms with Crippen molar-refractivity contribution in [1.82, 2.24) is 5.32 Å². The van der Waals surface area contributed by atoms with Gasteiger partial charge in [-0.25, -0.2) is 0 Å². The Morgan fingerprint density at radius 1 is 1.35 bits per heavy atom. The van der Waals surface area contributed by atoms with Gasteiger partial charge in [0, 0.05) is 22.7 Å². The Labute approximate surface area is 107 Å². The van der Waals surface area contributed by atoms with Crippen LogP contribution in [0.15, 0.2) is 12.1 Å². The number of rotatable bonds is 8. The summed E-state index contributed by atoms with van der Waals surface area (Å²) in [5.74, 6) is 0.162. The maximum Gasteiger partial charge on any atom is 0.220 e. The van der Waals surface area contributed by atoms with E-state index >= 15 is 0 Å². The molecule has 4 heteroatoms. The number of thiophene rings is 1. The maximum atomic E-state index is 11.5. The fraction of sp³-hybridized carbons (Fsp3) is 0.615. The van der Waals surface area contributed by atoms with Gasteiger partial charge in [-0.2, -0.15) is 0 Å². The van der Waals surface area contributed by atoms with Gasteiger partial charge in [0.2, 0.25) is 5.91 Å². The van der Waals surface area contributed by atoms with E-state index in [0.29, 0.717) is 13.0 Å². The van der Waals surface area contributed by atoms with E-state index in [1.165, 1.54) is 9.75 Å². The van der Waals surface area contributed by atoms with Gasteiger partial charge in [0.05, 0.1) is 0 Å².